The molecule has 0 radical (unpaired) electrons. The van der Waals surface area contributed by atoms with E-state index in [0.29, 0.717) is 4.08 Å². The summed E-state index contributed by atoms with van der Waals surface area (Å²) in [6.07, 6.45) is 1.23. The summed E-state index contributed by atoms with van der Waals surface area (Å²) < 4.78 is 0.310. The van der Waals surface area contributed by atoms with Crippen LogP contribution in [0, 0.1) is 0 Å². The lowest BCUT2D eigenvalue weighted by molar-refractivity contribution is 0.0827. The van der Waals surface area contributed by atoms with Gasteiger partial charge in [-0.1, -0.05) is 0 Å². The molecule has 0 bridgehead atoms. The number of hydrogen-bond acceptors (Lipinski definition) is 3. The molecule has 2 fully saturated rings. The summed E-state index contributed by atoms with van der Waals surface area (Å²) in [5, 5.41) is 9.12. The second-order valence-electron chi connectivity index (χ2n) is 4.40. The topological polar surface area (TPSA) is 40.5 Å². The van der Waals surface area contributed by atoms with E-state index < -0.39 is 6.09 Å². The zero-order chi connectivity index (χ0) is 11.1. The first-order chi connectivity index (χ1) is 7.04. The Hall–Kier alpha value is -0.0300. The van der Waals surface area contributed by atoms with Gasteiger partial charge in [-0.25, -0.2) is 4.79 Å². The summed E-state index contributed by atoms with van der Waals surface area (Å²) in [6.45, 7) is 4.07. The third-order valence-electron chi connectivity index (χ3n) is 3.20. The summed E-state index contributed by atoms with van der Waals surface area (Å²) in [6, 6.07) is 0.314. The fourth-order valence-electron chi connectivity index (χ4n) is 2.72. The normalized spacial score (nSPS) is 34.7. The van der Waals surface area contributed by atoms with Gasteiger partial charge in [-0.05, 0) is 26.7 Å². The van der Waals surface area contributed by atoms with Crippen molar-refractivity contribution in [2.24, 2.45) is 0 Å². The van der Waals surface area contributed by atoms with Crippen LogP contribution in [0.25, 0.3) is 0 Å². The van der Waals surface area contributed by atoms with E-state index in [-0.39, 0.29) is 12.1 Å². The lowest BCUT2D eigenvalue weighted by Crippen LogP contribution is -2.53. The van der Waals surface area contributed by atoms with E-state index in [1.165, 1.54) is 11.5 Å². The summed E-state index contributed by atoms with van der Waals surface area (Å²) in [7, 11) is 0. The number of piperidine rings is 1. The van der Waals surface area contributed by atoms with Gasteiger partial charge in [0, 0.05) is 23.6 Å². The zero-order valence-corrected chi connectivity index (χ0v) is 10.7. The number of nitrogens with zero attached hydrogens (tertiary/aromatic N) is 1. The van der Waals surface area contributed by atoms with E-state index in [4.69, 9.17) is 5.11 Å². The average Bonchev–Trinajstić information content (AvgIpc) is 2.50. The summed E-state index contributed by atoms with van der Waals surface area (Å²) in [5.41, 5.74) is 0. The Labute approximate surface area is 99.0 Å². The van der Waals surface area contributed by atoms with E-state index >= 15 is 0 Å². The van der Waals surface area contributed by atoms with E-state index in [9.17, 15) is 4.79 Å². The molecule has 0 aromatic carbocycles. The zero-order valence-electron chi connectivity index (χ0n) is 9.10. The van der Waals surface area contributed by atoms with Crippen molar-refractivity contribution >= 4 is 29.6 Å². The molecule has 2 heterocycles. The number of rotatable bonds is 0. The lowest BCUT2D eigenvalue weighted by Gasteiger charge is -2.45. The summed E-state index contributed by atoms with van der Waals surface area (Å²) in [4.78, 5) is 12.7. The molecule has 2 saturated heterocycles. The van der Waals surface area contributed by atoms with Gasteiger partial charge in [-0.2, -0.15) is 0 Å². The van der Waals surface area contributed by atoms with Crippen LogP contribution in [0.4, 0.5) is 4.79 Å². The molecule has 3 nitrogen and oxygen atoms in total. The van der Waals surface area contributed by atoms with Gasteiger partial charge in [0.25, 0.3) is 0 Å². The van der Waals surface area contributed by atoms with Crippen LogP contribution in [0.2, 0.25) is 0 Å². The number of carbonyl (C=O) groups is 1. The van der Waals surface area contributed by atoms with Crippen molar-refractivity contribution < 1.29 is 9.90 Å². The van der Waals surface area contributed by atoms with Crippen LogP contribution in [0.5, 0.6) is 0 Å². The molecule has 2 aliphatic rings. The molecule has 0 aromatic heterocycles. The minimum absolute atomic E-state index is 0.157. The number of carboxylic acid groups (broad SMARTS) is 1. The van der Waals surface area contributed by atoms with E-state index in [2.05, 4.69) is 0 Å². The fraction of sp³-hybridized carbons (Fsp3) is 0.900. The Balaban J connectivity index is 2.12. The Morgan fingerprint density at radius 3 is 2.13 bits per heavy atom. The van der Waals surface area contributed by atoms with Gasteiger partial charge in [-0.15, -0.1) is 23.5 Å². The van der Waals surface area contributed by atoms with Crippen LogP contribution < -0.4 is 0 Å². The predicted molar refractivity (Wildman–Crippen MR) is 65.7 cm³/mol. The fourth-order valence-corrected chi connectivity index (χ4v) is 6.40. The highest BCUT2D eigenvalue weighted by atomic mass is 32.2. The molecule has 0 unspecified atom stereocenters. The standard InChI is InChI=1S/C10H17NO2S2/c1-7-5-10(14-3-4-15-10)6-8(2)11(7)9(12)13/h7-8H,3-6H2,1-2H3,(H,12,13)/t7-,8+. The molecule has 15 heavy (non-hydrogen) atoms. The van der Waals surface area contributed by atoms with Crippen LogP contribution in [0.15, 0.2) is 0 Å². The van der Waals surface area contributed by atoms with Crippen LogP contribution >= 0.6 is 23.5 Å². The SMILES string of the molecule is C[C@@H]1CC2(C[C@H](C)N1C(=O)O)SCCS2. The van der Waals surface area contributed by atoms with Crippen LogP contribution in [-0.4, -0.2) is 43.8 Å². The first kappa shape index (κ1) is 11.5. The molecule has 1 spiro atoms. The Bertz CT molecular complexity index is 252. The maximum absolute atomic E-state index is 11.1. The number of likely N-dealkylation sites (tertiary alicyclic amines) is 1. The Morgan fingerprint density at radius 2 is 1.73 bits per heavy atom. The Morgan fingerprint density at radius 1 is 1.27 bits per heavy atom. The van der Waals surface area contributed by atoms with Crippen molar-refractivity contribution in [2.45, 2.75) is 42.9 Å². The molecule has 86 valence electrons. The van der Waals surface area contributed by atoms with Crippen molar-refractivity contribution in [1.82, 2.24) is 4.90 Å². The van der Waals surface area contributed by atoms with E-state index in [1.54, 1.807) is 4.90 Å². The third-order valence-corrected chi connectivity index (χ3v) is 6.70. The molecular formula is C10H17NO2S2. The van der Waals surface area contributed by atoms with Gasteiger partial charge in [0.2, 0.25) is 0 Å². The number of amides is 1. The second-order valence-corrected chi connectivity index (χ2v) is 7.62. The van der Waals surface area contributed by atoms with Crippen molar-refractivity contribution in [2.75, 3.05) is 11.5 Å². The van der Waals surface area contributed by atoms with Crippen LogP contribution in [0.3, 0.4) is 0 Å². The van der Waals surface area contributed by atoms with Gasteiger partial charge in [0.1, 0.15) is 0 Å². The lowest BCUT2D eigenvalue weighted by atomic mass is 9.97. The smallest absolute Gasteiger partial charge is 0.407 e. The van der Waals surface area contributed by atoms with Gasteiger partial charge < -0.3 is 10.0 Å². The average molecular weight is 247 g/mol. The van der Waals surface area contributed by atoms with Crippen molar-refractivity contribution in [3.63, 3.8) is 0 Å². The molecule has 1 N–H and O–H groups in total. The van der Waals surface area contributed by atoms with Gasteiger partial charge in [0.05, 0.1) is 4.08 Å². The maximum atomic E-state index is 11.1. The molecule has 0 aromatic rings. The highest BCUT2D eigenvalue weighted by molar-refractivity contribution is 8.21. The minimum Gasteiger partial charge on any atom is -0.465 e. The monoisotopic (exact) mass is 247 g/mol. The minimum atomic E-state index is -0.766. The largest absolute Gasteiger partial charge is 0.465 e. The second kappa shape index (κ2) is 4.09. The van der Waals surface area contributed by atoms with E-state index in [0.717, 1.165) is 12.8 Å². The van der Waals surface area contributed by atoms with Gasteiger partial charge in [-0.3, -0.25) is 0 Å². The van der Waals surface area contributed by atoms with Crippen molar-refractivity contribution in [3.05, 3.63) is 0 Å². The van der Waals surface area contributed by atoms with Gasteiger partial charge >= 0.3 is 6.09 Å². The third kappa shape index (κ3) is 2.09. The van der Waals surface area contributed by atoms with Crippen LogP contribution in [-0.2, 0) is 0 Å². The quantitative estimate of drug-likeness (QED) is 0.714. The van der Waals surface area contributed by atoms with Gasteiger partial charge in [0.15, 0.2) is 0 Å². The Kier molecular flexibility index (Phi) is 3.12. The van der Waals surface area contributed by atoms with E-state index in [1.807, 2.05) is 37.4 Å². The number of thioether (sulfide) groups is 2. The number of hydrogen-bond donors (Lipinski definition) is 1. The maximum Gasteiger partial charge on any atom is 0.407 e. The molecule has 2 aliphatic heterocycles. The molecule has 1 amide bonds. The predicted octanol–water partition coefficient (Wildman–Crippen LogP) is 2.71. The molecule has 2 rings (SSSR count). The first-order valence-corrected chi connectivity index (χ1v) is 7.30. The highest BCUT2D eigenvalue weighted by Crippen LogP contribution is 2.53. The molecule has 2 atom stereocenters. The molecule has 0 aliphatic carbocycles. The summed E-state index contributed by atoms with van der Waals surface area (Å²) >= 11 is 4.06. The molecule has 0 saturated carbocycles. The highest BCUT2D eigenvalue weighted by Gasteiger charge is 2.46. The molecule has 5 heteroatoms. The van der Waals surface area contributed by atoms with Crippen molar-refractivity contribution in [1.29, 1.82) is 0 Å². The summed E-state index contributed by atoms with van der Waals surface area (Å²) in [5.74, 6) is 2.44. The first-order valence-electron chi connectivity index (χ1n) is 5.33. The van der Waals surface area contributed by atoms with Crippen LogP contribution in [0.1, 0.15) is 26.7 Å². The molecular weight excluding hydrogens is 230 g/mol. The van der Waals surface area contributed by atoms with Crippen molar-refractivity contribution in [3.8, 4) is 0 Å².